The van der Waals surface area contributed by atoms with Gasteiger partial charge in [0.1, 0.15) is 0 Å². The molecule has 1 N–H and O–H groups in total. The van der Waals surface area contributed by atoms with Crippen molar-refractivity contribution in [2.75, 3.05) is 0 Å². The highest BCUT2D eigenvalue weighted by molar-refractivity contribution is 5.77. The molecule has 0 saturated heterocycles. The van der Waals surface area contributed by atoms with E-state index in [1.165, 1.54) is 22.3 Å². The predicted octanol–water partition coefficient (Wildman–Crippen LogP) is 5.35. The average Bonchev–Trinajstić information content (AvgIpc) is 2.53. The zero-order valence-corrected chi connectivity index (χ0v) is 13.9. The zero-order chi connectivity index (χ0) is 16.1. The lowest BCUT2D eigenvalue weighted by molar-refractivity contribution is 0.890. The minimum absolute atomic E-state index is 0.783. The van der Waals surface area contributed by atoms with E-state index in [1.54, 1.807) is 0 Å². The number of hydrogen-bond donors (Lipinski definition) is 1. The van der Waals surface area contributed by atoms with Crippen LogP contribution in [0.3, 0.4) is 0 Å². The van der Waals surface area contributed by atoms with Crippen LogP contribution >= 0.6 is 0 Å². The largest absolute Gasteiger partial charge is 0.381 e. The maximum absolute atomic E-state index is 4.22. The van der Waals surface area contributed by atoms with E-state index in [0.29, 0.717) is 0 Å². The third-order valence-electron chi connectivity index (χ3n) is 3.90. The summed E-state index contributed by atoms with van der Waals surface area (Å²) in [6.07, 6.45) is 1.02. The van der Waals surface area contributed by atoms with Gasteiger partial charge in [-0.05, 0) is 43.0 Å². The normalized spacial score (nSPS) is 10.3. The molecule has 0 heterocycles. The lowest BCUT2D eigenvalue weighted by Crippen LogP contribution is -2.12. The summed E-state index contributed by atoms with van der Waals surface area (Å²) in [6.45, 7) is 15.4. The first-order valence-corrected chi connectivity index (χ1v) is 7.78. The molecule has 0 fully saturated rings. The van der Waals surface area contributed by atoms with E-state index >= 15 is 0 Å². The number of allylic oxidation sites excluding steroid dienone is 1. The van der Waals surface area contributed by atoms with E-state index in [9.17, 15) is 0 Å². The van der Waals surface area contributed by atoms with E-state index in [1.807, 2.05) is 6.92 Å². The second kappa shape index (κ2) is 7.13. The van der Waals surface area contributed by atoms with Gasteiger partial charge in [-0.25, -0.2) is 0 Å². The Labute approximate surface area is 134 Å². The standard InChI is InChI=1S/C21H25N/c1-6-18-11-12-20(15(2)3)21(13-18)17(5)22-14-19-9-7-16(4)8-10-19/h7-13,22H,2,5-6,14H2,1,3-4H3. The Bertz CT molecular complexity index is 678. The quantitative estimate of drug-likeness (QED) is 0.756. The van der Waals surface area contributed by atoms with Crippen LogP contribution in [0.15, 0.2) is 55.6 Å². The number of hydrogen-bond acceptors (Lipinski definition) is 1. The highest BCUT2D eigenvalue weighted by atomic mass is 14.9. The van der Waals surface area contributed by atoms with Crippen LogP contribution in [0.4, 0.5) is 0 Å². The molecule has 22 heavy (non-hydrogen) atoms. The molecule has 0 saturated carbocycles. The van der Waals surface area contributed by atoms with Gasteiger partial charge in [0.25, 0.3) is 0 Å². The maximum Gasteiger partial charge on any atom is 0.0400 e. The predicted molar refractivity (Wildman–Crippen MR) is 97.6 cm³/mol. The van der Waals surface area contributed by atoms with Gasteiger partial charge in [-0.3, -0.25) is 0 Å². The van der Waals surface area contributed by atoms with Crippen LogP contribution in [0, 0.1) is 6.92 Å². The average molecular weight is 291 g/mol. The Morgan fingerprint density at radius 3 is 2.18 bits per heavy atom. The molecule has 0 unspecified atom stereocenters. The molecule has 1 heteroatoms. The van der Waals surface area contributed by atoms with Crippen LogP contribution in [0.25, 0.3) is 11.3 Å². The Kier molecular flexibility index (Phi) is 5.21. The van der Waals surface area contributed by atoms with Gasteiger partial charge in [0.2, 0.25) is 0 Å². The molecule has 0 atom stereocenters. The summed E-state index contributed by atoms with van der Waals surface area (Å²) in [4.78, 5) is 0. The van der Waals surface area contributed by atoms with Gasteiger partial charge < -0.3 is 5.32 Å². The topological polar surface area (TPSA) is 12.0 Å². The van der Waals surface area contributed by atoms with Gasteiger partial charge in [0.05, 0.1) is 0 Å². The zero-order valence-electron chi connectivity index (χ0n) is 13.9. The van der Waals surface area contributed by atoms with Crippen LogP contribution in [-0.2, 0) is 13.0 Å². The third-order valence-corrected chi connectivity index (χ3v) is 3.90. The Morgan fingerprint density at radius 2 is 1.59 bits per heavy atom. The minimum atomic E-state index is 0.783. The molecule has 0 amide bonds. The van der Waals surface area contributed by atoms with Crippen LogP contribution in [-0.4, -0.2) is 0 Å². The van der Waals surface area contributed by atoms with Crippen LogP contribution in [0.5, 0.6) is 0 Å². The van der Waals surface area contributed by atoms with E-state index in [2.05, 4.69) is 74.8 Å². The Balaban J connectivity index is 2.17. The van der Waals surface area contributed by atoms with Crippen molar-refractivity contribution in [2.24, 2.45) is 0 Å². The fourth-order valence-electron chi connectivity index (χ4n) is 2.44. The molecular weight excluding hydrogens is 266 g/mol. The molecule has 2 aromatic carbocycles. The van der Waals surface area contributed by atoms with E-state index < -0.39 is 0 Å². The molecule has 0 radical (unpaired) electrons. The minimum Gasteiger partial charge on any atom is -0.381 e. The van der Waals surface area contributed by atoms with Gasteiger partial charge in [0.15, 0.2) is 0 Å². The Hall–Kier alpha value is -2.28. The SMILES string of the molecule is C=C(C)c1ccc(CC)cc1C(=C)NCc1ccc(C)cc1. The van der Waals surface area contributed by atoms with Crippen LogP contribution in [0.1, 0.15) is 41.7 Å². The van der Waals surface area contributed by atoms with E-state index in [0.717, 1.165) is 29.8 Å². The summed E-state index contributed by atoms with van der Waals surface area (Å²) in [7, 11) is 0. The number of nitrogens with one attached hydrogen (secondary N) is 1. The Morgan fingerprint density at radius 1 is 0.955 bits per heavy atom. The van der Waals surface area contributed by atoms with Crippen molar-refractivity contribution in [3.8, 4) is 0 Å². The van der Waals surface area contributed by atoms with Crippen molar-refractivity contribution in [1.82, 2.24) is 5.32 Å². The number of rotatable bonds is 6. The van der Waals surface area contributed by atoms with Crippen molar-refractivity contribution in [2.45, 2.75) is 33.7 Å². The first-order valence-electron chi connectivity index (χ1n) is 7.78. The molecule has 0 aliphatic heterocycles. The number of benzene rings is 2. The lowest BCUT2D eigenvalue weighted by Gasteiger charge is -2.16. The number of aryl methyl sites for hydroxylation is 2. The summed E-state index contributed by atoms with van der Waals surface area (Å²) < 4.78 is 0. The molecule has 0 aliphatic rings. The molecule has 0 aromatic heterocycles. The summed E-state index contributed by atoms with van der Waals surface area (Å²) in [5.74, 6) is 0. The molecular formula is C21H25N. The summed E-state index contributed by atoms with van der Waals surface area (Å²) in [6, 6.07) is 15.1. The highest BCUT2D eigenvalue weighted by Crippen LogP contribution is 2.24. The molecule has 2 aromatic rings. The van der Waals surface area contributed by atoms with Gasteiger partial charge in [-0.15, -0.1) is 0 Å². The third kappa shape index (κ3) is 3.88. The van der Waals surface area contributed by atoms with Gasteiger partial charge in [-0.1, -0.05) is 67.6 Å². The second-order valence-corrected chi connectivity index (χ2v) is 5.83. The highest BCUT2D eigenvalue weighted by Gasteiger charge is 2.08. The molecule has 114 valence electrons. The smallest absolute Gasteiger partial charge is 0.0400 e. The van der Waals surface area contributed by atoms with Crippen molar-refractivity contribution in [3.63, 3.8) is 0 Å². The lowest BCUT2D eigenvalue weighted by atomic mass is 9.96. The van der Waals surface area contributed by atoms with Crippen molar-refractivity contribution in [1.29, 1.82) is 0 Å². The molecule has 0 spiro atoms. The summed E-state index contributed by atoms with van der Waals surface area (Å²) in [5, 5.41) is 3.45. The van der Waals surface area contributed by atoms with Crippen molar-refractivity contribution in [3.05, 3.63) is 83.4 Å². The second-order valence-electron chi connectivity index (χ2n) is 5.83. The first kappa shape index (κ1) is 16.1. The van der Waals surface area contributed by atoms with Gasteiger partial charge >= 0.3 is 0 Å². The van der Waals surface area contributed by atoms with E-state index in [4.69, 9.17) is 0 Å². The first-order chi connectivity index (χ1) is 10.5. The van der Waals surface area contributed by atoms with E-state index in [-0.39, 0.29) is 0 Å². The fraction of sp³-hybridized carbons (Fsp3) is 0.238. The summed E-state index contributed by atoms with van der Waals surface area (Å²) >= 11 is 0. The van der Waals surface area contributed by atoms with Crippen molar-refractivity contribution >= 4 is 11.3 Å². The molecule has 1 nitrogen and oxygen atoms in total. The monoisotopic (exact) mass is 291 g/mol. The maximum atomic E-state index is 4.22. The molecule has 2 rings (SSSR count). The molecule has 0 aliphatic carbocycles. The summed E-state index contributed by atoms with van der Waals surface area (Å²) in [5.41, 5.74) is 8.19. The van der Waals surface area contributed by atoms with Crippen LogP contribution < -0.4 is 5.32 Å². The van der Waals surface area contributed by atoms with Crippen molar-refractivity contribution < 1.29 is 0 Å². The van der Waals surface area contributed by atoms with Gasteiger partial charge in [0, 0.05) is 17.8 Å². The van der Waals surface area contributed by atoms with Crippen LogP contribution in [0.2, 0.25) is 0 Å². The fourth-order valence-corrected chi connectivity index (χ4v) is 2.44. The molecule has 0 bridgehead atoms. The van der Waals surface area contributed by atoms with Gasteiger partial charge in [-0.2, -0.15) is 0 Å².